The molecule has 1 rings (SSSR count). The van der Waals surface area contributed by atoms with E-state index in [1.807, 2.05) is 0 Å². The summed E-state index contributed by atoms with van der Waals surface area (Å²) < 4.78 is 0. The van der Waals surface area contributed by atoms with Crippen molar-refractivity contribution in [3.63, 3.8) is 0 Å². The molecule has 2 atom stereocenters. The van der Waals surface area contributed by atoms with Gasteiger partial charge in [-0.2, -0.15) is 0 Å². The van der Waals surface area contributed by atoms with Gasteiger partial charge in [0.1, 0.15) is 0 Å². The van der Waals surface area contributed by atoms with Crippen LogP contribution in [-0.4, -0.2) is 22.2 Å². The van der Waals surface area contributed by atoms with Gasteiger partial charge >= 0.3 is 11.9 Å². The second-order valence-electron chi connectivity index (χ2n) is 9.45. The Hall–Kier alpha value is -1.84. The zero-order chi connectivity index (χ0) is 23.9. The molecule has 0 heterocycles. The molecule has 0 bridgehead atoms. The maximum Gasteiger partial charge on any atom is 0.336 e. The lowest BCUT2D eigenvalue weighted by molar-refractivity contribution is 0.0693. The van der Waals surface area contributed by atoms with Crippen LogP contribution in [0.1, 0.15) is 137 Å². The van der Waals surface area contributed by atoms with Crippen LogP contribution in [-0.2, 0) is 12.8 Å². The van der Waals surface area contributed by atoms with Gasteiger partial charge in [-0.3, -0.25) is 0 Å². The normalized spacial score (nSPS) is 13.1. The van der Waals surface area contributed by atoms with Crippen molar-refractivity contribution < 1.29 is 19.8 Å². The fourth-order valence-corrected chi connectivity index (χ4v) is 5.02. The Labute approximate surface area is 195 Å². The lowest BCUT2D eigenvalue weighted by atomic mass is 9.82. The summed E-state index contributed by atoms with van der Waals surface area (Å²) in [7, 11) is 0. The Kier molecular flexibility index (Phi) is 14.0. The third kappa shape index (κ3) is 9.34. The fourth-order valence-electron chi connectivity index (χ4n) is 5.02. The molecule has 1 aromatic rings. The summed E-state index contributed by atoms with van der Waals surface area (Å²) in [6.07, 6.45) is 14.5. The fraction of sp³-hybridized carbons (Fsp3) is 0.714. The number of carboxylic acids is 2. The van der Waals surface area contributed by atoms with Crippen molar-refractivity contribution in [3.05, 3.63) is 34.4 Å². The summed E-state index contributed by atoms with van der Waals surface area (Å²) >= 11 is 0. The quantitative estimate of drug-likeness (QED) is 0.223. The topological polar surface area (TPSA) is 74.6 Å². The van der Waals surface area contributed by atoms with E-state index in [4.69, 9.17) is 0 Å². The first-order valence-corrected chi connectivity index (χ1v) is 13.0. The average molecular weight is 447 g/mol. The van der Waals surface area contributed by atoms with Crippen LogP contribution >= 0.6 is 0 Å². The first-order valence-electron chi connectivity index (χ1n) is 13.0. The summed E-state index contributed by atoms with van der Waals surface area (Å²) in [4.78, 5) is 24.4. The number of unbranched alkanes of at least 4 members (excludes halogenated alkanes) is 4. The van der Waals surface area contributed by atoms with Gasteiger partial charge in [0.25, 0.3) is 0 Å². The molecular formula is C28H46O4. The average Bonchev–Trinajstić information content (AvgIpc) is 2.74. The monoisotopic (exact) mass is 446 g/mol. The third-order valence-corrected chi connectivity index (χ3v) is 6.67. The lowest BCUT2D eigenvalue weighted by Crippen LogP contribution is -2.18. The molecule has 4 heteroatoms. The minimum atomic E-state index is -1.02. The highest BCUT2D eigenvalue weighted by molar-refractivity contribution is 5.97. The van der Waals surface area contributed by atoms with E-state index in [0.717, 1.165) is 69.8 Å². The second kappa shape index (κ2) is 15.9. The molecular weight excluding hydrogens is 400 g/mol. The lowest BCUT2D eigenvalue weighted by Gasteiger charge is -2.22. The minimum Gasteiger partial charge on any atom is -0.478 e. The Morgan fingerprint density at radius 3 is 1.66 bits per heavy atom. The van der Waals surface area contributed by atoms with Crippen LogP contribution in [0.4, 0.5) is 0 Å². The molecule has 0 aliphatic heterocycles. The maximum absolute atomic E-state index is 12.4. The molecule has 0 aliphatic carbocycles. The smallest absolute Gasteiger partial charge is 0.336 e. The van der Waals surface area contributed by atoms with Gasteiger partial charge in [-0.1, -0.05) is 111 Å². The third-order valence-electron chi connectivity index (χ3n) is 6.67. The molecule has 0 radical (unpaired) electrons. The van der Waals surface area contributed by atoms with Crippen molar-refractivity contribution in [1.82, 2.24) is 0 Å². The predicted molar refractivity (Wildman–Crippen MR) is 133 cm³/mol. The van der Waals surface area contributed by atoms with E-state index in [0.29, 0.717) is 23.8 Å². The summed E-state index contributed by atoms with van der Waals surface area (Å²) in [6.45, 7) is 8.69. The maximum atomic E-state index is 12.4. The molecule has 32 heavy (non-hydrogen) atoms. The number of carbonyl (C=O) groups is 2. The van der Waals surface area contributed by atoms with Gasteiger partial charge in [0.05, 0.1) is 11.1 Å². The summed E-state index contributed by atoms with van der Waals surface area (Å²) in [6, 6.07) is 3.42. The summed E-state index contributed by atoms with van der Waals surface area (Å²) in [5, 5.41) is 20.0. The highest BCUT2D eigenvalue weighted by Crippen LogP contribution is 2.30. The van der Waals surface area contributed by atoms with Crippen molar-refractivity contribution >= 4 is 11.9 Å². The Bertz CT molecular complexity index is 695. The number of rotatable bonds is 18. The summed E-state index contributed by atoms with van der Waals surface area (Å²) in [5.74, 6) is -1.23. The Morgan fingerprint density at radius 2 is 1.22 bits per heavy atom. The van der Waals surface area contributed by atoms with E-state index in [1.54, 1.807) is 12.1 Å². The molecule has 0 saturated carbocycles. The highest BCUT2D eigenvalue weighted by Gasteiger charge is 2.25. The number of aromatic carboxylic acids is 2. The van der Waals surface area contributed by atoms with E-state index in [1.165, 1.54) is 19.3 Å². The molecule has 0 aromatic heterocycles. The van der Waals surface area contributed by atoms with Gasteiger partial charge in [-0.05, 0) is 41.9 Å². The van der Waals surface area contributed by atoms with Crippen molar-refractivity contribution in [2.24, 2.45) is 11.8 Å². The zero-order valence-electron chi connectivity index (χ0n) is 20.9. The van der Waals surface area contributed by atoms with Crippen LogP contribution in [0.3, 0.4) is 0 Å². The molecule has 1 aromatic carbocycles. The molecule has 0 fully saturated rings. The van der Waals surface area contributed by atoms with E-state index < -0.39 is 11.9 Å². The van der Waals surface area contributed by atoms with Gasteiger partial charge in [0.15, 0.2) is 0 Å². The van der Waals surface area contributed by atoms with E-state index in [9.17, 15) is 19.8 Å². The molecule has 0 spiro atoms. The second-order valence-corrected chi connectivity index (χ2v) is 9.45. The predicted octanol–water partition coefficient (Wildman–Crippen LogP) is 8.16. The molecule has 2 unspecified atom stereocenters. The first-order chi connectivity index (χ1) is 15.4. The van der Waals surface area contributed by atoms with Crippen LogP contribution in [0.5, 0.6) is 0 Å². The van der Waals surface area contributed by atoms with Gasteiger partial charge in [0, 0.05) is 0 Å². The zero-order valence-corrected chi connectivity index (χ0v) is 20.9. The largest absolute Gasteiger partial charge is 0.478 e. The van der Waals surface area contributed by atoms with E-state index in [-0.39, 0.29) is 11.1 Å². The van der Waals surface area contributed by atoms with Crippen LogP contribution in [0.25, 0.3) is 0 Å². The van der Waals surface area contributed by atoms with Crippen LogP contribution in [0.15, 0.2) is 12.1 Å². The molecule has 0 saturated heterocycles. The molecule has 0 amide bonds. The SMILES string of the molecule is CCCCCC(CCC)Cc1ccc(C(=O)O)c(CC(CCC)CCCCC)c1C(=O)O. The highest BCUT2D eigenvalue weighted by atomic mass is 16.4. The molecule has 182 valence electrons. The number of hydrogen-bond acceptors (Lipinski definition) is 2. The van der Waals surface area contributed by atoms with Gasteiger partial charge in [-0.15, -0.1) is 0 Å². The van der Waals surface area contributed by atoms with Gasteiger partial charge in [-0.25, -0.2) is 9.59 Å². The number of benzene rings is 1. The van der Waals surface area contributed by atoms with Crippen LogP contribution in [0.2, 0.25) is 0 Å². The first kappa shape index (κ1) is 28.2. The number of carboxylic acid groups (broad SMARTS) is 2. The summed E-state index contributed by atoms with van der Waals surface area (Å²) in [5.41, 5.74) is 1.79. The van der Waals surface area contributed by atoms with E-state index >= 15 is 0 Å². The van der Waals surface area contributed by atoms with Crippen molar-refractivity contribution in [1.29, 1.82) is 0 Å². The van der Waals surface area contributed by atoms with Crippen LogP contribution < -0.4 is 0 Å². The standard InChI is InChI=1S/C28H46O4/c1-5-9-11-15-21(13-7-3)19-23-17-18-24(27(29)30)25(26(23)28(31)32)20-22(14-8-4)16-12-10-6-2/h17-18,21-22H,5-16,19-20H2,1-4H3,(H,29,30)(H,31,32). The molecule has 0 aliphatic rings. The van der Waals surface area contributed by atoms with E-state index in [2.05, 4.69) is 27.7 Å². The minimum absolute atomic E-state index is 0.167. The number of hydrogen-bond donors (Lipinski definition) is 2. The van der Waals surface area contributed by atoms with Crippen LogP contribution in [0, 0.1) is 11.8 Å². The Morgan fingerprint density at radius 1 is 0.688 bits per heavy atom. The van der Waals surface area contributed by atoms with Crippen molar-refractivity contribution in [3.8, 4) is 0 Å². The van der Waals surface area contributed by atoms with Gasteiger partial charge < -0.3 is 10.2 Å². The molecule has 2 N–H and O–H groups in total. The van der Waals surface area contributed by atoms with Crippen molar-refractivity contribution in [2.75, 3.05) is 0 Å². The molecule has 4 nitrogen and oxygen atoms in total. The Balaban J connectivity index is 3.32. The van der Waals surface area contributed by atoms with Gasteiger partial charge in [0.2, 0.25) is 0 Å². The van der Waals surface area contributed by atoms with Crippen molar-refractivity contribution in [2.45, 2.75) is 118 Å².